The lowest BCUT2D eigenvalue weighted by Gasteiger charge is -2.31. The zero-order valence-electron chi connectivity index (χ0n) is 10.6. The molecule has 19 heavy (non-hydrogen) atoms. The molecule has 100 valence electrons. The molecule has 2 aromatic heterocycles. The van der Waals surface area contributed by atoms with Gasteiger partial charge in [-0.2, -0.15) is 11.3 Å². The number of carbonyl (C=O) groups excluding carboxylic acids is 1. The Bertz CT molecular complexity index is 515. The van der Waals surface area contributed by atoms with Crippen LogP contribution < -0.4 is 0 Å². The molecular formula is C13H16N4OS. The molecule has 0 saturated carbocycles. The monoisotopic (exact) mass is 276 g/mol. The van der Waals surface area contributed by atoms with Crippen molar-refractivity contribution in [2.24, 2.45) is 0 Å². The normalized spacial score (nSPS) is 16.7. The van der Waals surface area contributed by atoms with Crippen molar-refractivity contribution in [1.29, 1.82) is 0 Å². The predicted molar refractivity (Wildman–Crippen MR) is 72.9 cm³/mol. The first kappa shape index (κ1) is 12.3. The Morgan fingerprint density at radius 2 is 2.26 bits per heavy atom. The Balaban J connectivity index is 1.54. The lowest BCUT2D eigenvalue weighted by Crippen LogP contribution is -2.39. The second-order valence-electron chi connectivity index (χ2n) is 4.80. The number of hydrogen-bond acceptors (Lipinski definition) is 4. The van der Waals surface area contributed by atoms with Crippen LogP contribution in [0.3, 0.4) is 0 Å². The molecule has 3 rings (SSSR count). The van der Waals surface area contributed by atoms with Crippen LogP contribution in [0.15, 0.2) is 29.2 Å². The van der Waals surface area contributed by atoms with Crippen LogP contribution >= 0.6 is 11.3 Å². The van der Waals surface area contributed by atoms with Gasteiger partial charge in [0.05, 0.1) is 18.7 Å². The van der Waals surface area contributed by atoms with Gasteiger partial charge in [-0.3, -0.25) is 4.79 Å². The first-order valence-corrected chi connectivity index (χ1v) is 7.42. The van der Waals surface area contributed by atoms with Crippen molar-refractivity contribution in [3.05, 3.63) is 34.8 Å². The summed E-state index contributed by atoms with van der Waals surface area (Å²) in [6.07, 6.45) is 6.04. The van der Waals surface area contributed by atoms with Gasteiger partial charge in [-0.25, -0.2) is 4.68 Å². The maximum absolute atomic E-state index is 12.2. The third-order valence-electron chi connectivity index (χ3n) is 3.57. The maximum atomic E-state index is 12.2. The molecular weight excluding hydrogens is 260 g/mol. The molecule has 0 atom stereocenters. The fourth-order valence-electron chi connectivity index (χ4n) is 2.47. The van der Waals surface area contributed by atoms with Gasteiger partial charge in [-0.15, -0.1) is 5.10 Å². The molecule has 0 aliphatic carbocycles. The van der Waals surface area contributed by atoms with E-state index in [9.17, 15) is 4.79 Å². The molecule has 1 saturated heterocycles. The van der Waals surface area contributed by atoms with Gasteiger partial charge in [0.25, 0.3) is 0 Å². The zero-order valence-corrected chi connectivity index (χ0v) is 11.4. The summed E-state index contributed by atoms with van der Waals surface area (Å²) in [6.45, 7) is 1.63. The quantitative estimate of drug-likeness (QED) is 0.858. The molecule has 0 unspecified atom stereocenters. The number of thiophene rings is 1. The molecule has 1 aliphatic heterocycles. The van der Waals surface area contributed by atoms with E-state index in [0.717, 1.165) is 31.5 Å². The van der Waals surface area contributed by atoms with Crippen molar-refractivity contribution in [2.45, 2.75) is 25.3 Å². The summed E-state index contributed by atoms with van der Waals surface area (Å²) in [5.41, 5.74) is 1.12. The van der Waals surface area contributed by atoms with Crippen LogP contribution in [0.1, 0.15) is 24.4 Å². The largest absolute Gasteiger partial charge is 0.342 e. The number of likely N-dealkylation sites (tertiary alicyclic amines) is 1. The van der Waals surface area contributed by atoms with Gasteiger partial charge < -0.3 is 4.90 Å². The van der Waals surface area contributed by atoms with Crippen molar-refractivity contribution in [3.8, 4) is 0 Å². The second-order valence-corrected chi connectivity index (χ2v) is 5.58. The third-order valence-corrected chi connectivity index (χ3v) is 4.30. The number of rotatable bonds is 3. The number of aromatic nitrogens is 3. The summed E-state index contributed by atoms with van der Waals surface area (Å²) >= 11 is 1.64. The zero-order chi connectivity index (χ0) is 13.1. The molecule has 3 heterocycles. The average Bonchev–Trinajstić information content (AvgIpc) is 3.12. The van der Waals surface area contributed by atoms with Crippen LogP contribution in [0.4, 0.5) is 0 Å². The van der Waals surface area contributed by atoms with Gasteiger partial charge >= 0.3 is 0 Å². The molecule has 1 fully saturated rings. The van der Waals surface area contributed by atoms with E-state index in [4.69, 9.17) is 0 Å². The van der Waals surface area contributed by atoms with Crippen molar-refractivity contribution < 1.29 is 4.79 Å². The highest BCUT2D eigenvalue weighted by molar-refractivity contribution is 7.07. The lowest BCUT2D eigenvalue weighted by atomic mass is 10.0. The van der Waals surface area contributed by atoms with E-state index < -0.39 is 0 Å². The van der Waals surface area contributed by atoms with Gasteiger partial charge in [0, 0.05) is 19.3 Å². The minimum Gasteiger partial charge on any atom is -0.342 e. The summed E-state index contributed by atoms with van der Waals surface area (Å²) in [7, 11) is 0. The summed E-state index contributed by atoms with van der Waals surface area (Å²) in [6, 6.07) is 2.40. The Hall–Kier alpha value is -1.69. The Morgan fingerprint density at radius 3 is 2.89 bits per heavy atom. The van der Waals surface area contributed by atoms with E-state index in [1.165, 1.54) is 0 Å². The molecule has 0 radical (unpaired) electrons. The minimum absolute atomic E-state index is 0.232. The van der Waals surface area contributed by atoms with E-state index in [-0.39, 0.29) is 5.91 Å². The van der Waals surface area contributed by atoms with Crippen LogP contribution in [0.2, 0.25) is 0 Å². The van der Waals surface area contributed by atoms with E-state index in [1.807, 2.05) is 32.6 Å². The van der Waals surface area contributed by atoms with E-state index >= 15 is 0 Å². The first-order chi connectivity index (χ1) is 9.33. The Kier molecular flexibility index (Phi) is 3.59. The van der Waals surface area contributed by atoms with Crippen LogP contribution in [0.25, 0.3) is 0 Å². The minimum atomic E-state index is 0.232. The molecule has 0 bridgehead atoms. The number of hydrogen-bond donors (Lipinski definition) is 0. The molecule has 1 amide bonds. The number of nitrogens with zero attached hydrogens (tertiary/aromatic N) is 4. The molecule has 5 nitrogen and oxygen atoms in total. The highest BCUT2D eigenvalue weighted by Gasteiger charge is 2.24. The van der Waals surface area contributed by atoms with Crippen molar-refractivity contribution >= 4 is 17.2 Å². The van der Waals surface area contributed by atoms with Gasteiger partial charge in [0.15, 0.2) is 0 Å². The van der Waals surface area contributed by atoms with Gasteiger partial charge in [0.2, 0.25) is 5.91 Å². The van der Waals surface area contributed by atoms with E-state index in [1.54, 1.807) is 17.5 Å². The predicted octanol–water partition coefficient (Wildman–Crippen LogP) is 1.75. The van der Waals surface area contributed by atoms with Crippen molar-refractivity contribution in [3.63, 3.8) is 0 Å². The molecule has 6 heteroatoms. The standard InChI is InChI=1S/C13H16N4OS/c18-13(9-11-3-8-19-10-11)16-5-1-12(2-6-16)17-7-4-14-15-17/h3-4,7-8,10,12H,1-2,5-6,9H2. The molecule has 0 aromatic carbocycles. The van der Waals surface area contributed by atoms with E-state index in [0.29, 0.717) is 12.5 Å². The highest BCUT2D eigenvalue weighted by Crippen LogP contribution is 2.21. The topological polar surface area (TPSA) is 51.0 Å². The van der Waals surface area contributed by atoms with Gasteiger partial charge in [-0.1, -0.05) is 5.21 Å². The van der Waals surface area contributed by atoms with Gasteiger partial charge in [0.1, 0.15) is 0 Å². The molecule has 2 aromatic rings. The molecule has 0 N–H and O–H groups in total. The Labute approximate surface area is 115 Å². The maximum Gasteiger partial charge on any atom is 0.227 e. The average molecular weight is 276 g/mol. The summed E-state index contributed by atoms with van der Waals surface area (Å²) in [5, 5.41) is 11.9. The van der Waals surface area contributed by atoms with Crippen molar-refractivity contribution in [2.75, 3.05) is 13.1 Å². The smallest absolute Gasteiger partial charge is 0.227 e. The third kappa shape index (κ3) is 2.84. The fraction of sp³-hybridized carbons (Fsp3) is 0.462. The number of carbonyl (C=O) groups is 1. The van der Waals surface area contributed by atoms with Gasteiger partial charge in [-0.05, 0) is 35.2 Å². The molecule has 1 aliphatic rings. The fourth-order valence-corrected chi connectivity index (χ4v) is 3.14. The Morgan fingerprint density at radius 1 is 1.42 bits per heavy atom. The summed E-state index contributed by atoms with van der Waals surface area (Å²) in [5.74, 6) is 0.232. The number of amides is 1. The summed E-state index contributed by atoms with van der Waals surface area (Å²) < 4.78 is 1.90. The van der Waals surface area contributed by atoms with Crippen molar-refractivity contribution in [1.82, 2.24) is 19.9 Å². The van der Waals surface area contributed by atoms with Crippen LogP contribution in [0.5, 0.6) is 0 Å². The van der Waals surface area contributed by atoms with Crippen LogP contribution in [-0.2, 0) is 11.2 Å². The van der Waals surface area contributed by atoms with Crippen LogP contribution in [0, 0.1) is 0 Å². The SMILES string of the molecule is O=C(Cc1ccsc1)N1CCC(n2ccnn2)CC1. The number of piperidine rings is 1. The first-order valence-electron chi connectivity index (χ1n) is 6.47. The second kappa shape index (κ2) is 5.52. The lowest BCUT2D eigenvalue weighted by molar-refractivity contribution is -0.131. The summed E-state index contributed by atoms with van der Waals surface area (Å²) in [4.78, 5) is 14.1. The highest BCUT2D eigenvalue weighted by atomic mass is 32.1. The molecule has 0 spiro atoms. The van der Waals surface area contributed by atoms with Crippen LogP contribution in [-0.4, -0.2) is 38.9 Å². The van der Waals surface area contributed by atoms with E-state index in [2.05, 4.69) is 10.3 Å².